The topological polar surface area (TPSA) is 44.1 Å². The van der Waals surface area contributed by atoms with Gasteiger partial charge in [-0.3, -0.25) is 4.79 Å². The summed E-state index contributed by atoms with van der Waals surface area (Å²) in [5.74, 6) is 0.0781. The van der Waals surface area contributed by atoms with E-state index in [1.165, 1.54) is 29.7 Å². The minimum Gasteiger partial charge on any atom is -0.322 e. The Bertz CT molecular complexity index is 520. The third-order valence-electron chi connectivity index (χ3n) is 4.37. The number of rotatable bonds is 1. The first-order valence-electron chi connectivity index (χ1n) is 7.62. The standard InChI is InChI=1S/C16H20N2OS/c17-11-13-7-4-5-9-18(13)16(19)15-10-12-6-2-1-3-8-14(12)20-15/h10,13H,1-9H2. The molecule has 1 saturated heterocycles. The van der Waals surface area contributed by atoms with Crippen LogP contribution in [0, 0.1) is 11.3 Å². The zero-order chi connectivity index (χ0) is 13.9. The number of likely N-dealkylation sites (tertiary alicyclic amines) is 1. The highest BCUT2D eigenvalue weighted by Gasteiger charge is 2.29. The van der Waals surface area contributed by atoms with Crippen molar-refractivity contribution < 1.29 is 4.79 Å². The molecular formula is C16H20N2OS. The minimum absolute atomic E-state index is 0.0781. The van der Waals surface area contributed by atoms with Gasteiger partial charge in [0.05, 0.1) is 10.9 Å². The Morgan fingerprint density at radius 3 is 2.95 bits per heavy atom. The molecule has 1 aromatic rings. The van der Waals surface area contributed by atoms with Crippen LogP contribution in [0.25, 0.3) is 0 Å². The maximum Gasteiger partial charge on any atom is 0.265 e. The van der Waals surface area contributed by atoms with Gasteiger partial charge in [-0.25, -0.2) is 0 Å². The number of piperidine rings is 1. The number of aryl methyl sites for hydroxylation is 2. The molecule has 2 heterocycles. The van der Waals surface area contributed by atoms with Crippen LogP contribution in [0.4, 0.5) is 0 Å². The van der Waals surface area contributed by atoms with Gasteiger partial charge >= 0.3 is 0 Å². The quantitative estimate of drug-likeness (QED) is 0.742. The maximum absolute atomic E-state index is 12.7. The van der Waals surface area contributed by atoms with Crippen LogP contribution in [-0.2, 0) is 12.8 Å². The molecular weight excluding hydrogens is 268 g/mol. The molecule has 1 amide bonds. The third-order valence-corrected chi connectivity index (χ3v) is 5.60. The summed E-state index contributed by atoms with van der Waals surface area (Å²) in [7, 11) is 0. The van der Waals surface area contributed by atoms with Crippen molar-refractivity contribution in [2.75, 3.05) is 6.54 Å². The van der Waals surface area contributed by atoms with Crippen LogP contribution in [0.5, 0.6) is 0 Å². The second kappa shape index (κ2) is 5.97. The monoisotopic (exact) mass is 288 g/mol. The number of hydrogen-bond acceptors (Lipinski definition) is 3. The number of carbonyl (C=O) groups excluding carboxylic acids is 1. The van der Waals surface area contributed by atoms with Crippen molar-refractivity contribution in [3.8, 4) is 6.07 Å². The highest BCUT2D eigenvalue weighted by atomic mass is 32.1. The molecule has 0 bridgehead atoms. The fourth-order valence-corrected chi connectivity index (χ4v) is 4.43. The first-order valence-corrected chi connectivity index (χ1v) is 8.43. The molecule has 20 heavy (non-hydrogen) atoms. The van der Waals surface area contributed by atoms with E-state index in [0.29, 0.717) is 0 Å². The molecule has 106 valence electrons. The molecule has 1 aliphatic heterocycles. The van der Waals surface area contributed by atoms with E-state index in [0.717, 1.165) is 43.5 Å². The summed E-state index contributed by atoms with van der Waals surface area (Å²) in [5, 5.41) is 9.22. The van der Waals surface area contributed by atoms with Crippen LogP contribution in [0.2, 0.25) is 0 Å². The summed E-state index contributed by atoms with van der Waals surface area (Å²) >= 11 is 1.66. The first kappa shape index (κ1) is 13.6. The van der Waals surface area contributed by atoms with Crippen LogP contribution in [0.15, 0.2) is 6.07 Å². The molecule has 3 rings (SSSR count). The molecule has 1 aromatic heterocycles. The van der Waals surface area contributed by atoms with Gasteiger partial charge in [0, 0.05) is 11.4 Å². The molecule has 1 fully saturated rings. The van der Waals surface area contributed by atoms with Crippen molar-refractivity contribution in [2.24, 2.45) is 0 Å². The van der Waals surface area contributed by atoms with Gasteiger partial charge in [0.15, 0.2) is 0 Å². The van der Waals surface area contributed by atoms with Gasteiger partial charge in [-0.05, 0) is 56.6 Å². The van der Waals surface area contributed by atoms with Crippen molar-refractivity contribution in [1.29, 1.82) is 5.26 Å². The Morgan fingerprint density at radius 2 is 2.10 bits per heavy atom. The van der Waals surface area contributed by atoms with Crippen LogP contribution in [0.3, 0.4) is 0 Å². The number of nitrogens with zero attached hydrogens (tertiary/aromatic N) is 2. The van der Waals surface area contributed by atoms with Crippen LogP contribution < -0.4 is 0 Å². The van der Waals surface area contributed by atoms with Gasteiger partial charge in [0.1, 0.15) is 6.04 Å². The summed E-state index contributed by atoms with van der Waals surface area (Å²) in [5.41, 5.74) is 1.38. The molecule has 2 aliphatic rings. The van der Waals surface area contributed by atoms with E-state index in [4.69, 9.17) is 0 Å². The molecule has 0 saturated carbocycles. The lowest BCUT2D eigenvalue weighted by Crippen LogP contribution is -2.42. The normalized spacial score (nSPS) is 22.8. The van der Waals surface area contributed by atoms with Crippen molar-refractivity contribution in [3.63, 3.8) is 0 Å². The van der Waals surface area contributed by atoms with Crippen LogP contribution in [0.1, 0.15) is 58.6 Å². The number of carbonyl (C=O) groups is 1. The van der Waals surface area contributed by atoms with Gasteiger partial charge in [0.2, 0.25) is 0 Å². The maximum atomic E-state index is 12.7. The highest BCUT2D eigenvalue weighted by molar-refractivity contribution is 7.14. The Morgan fingerprint density at radius 1 is 1.25 bits per heavy atom. The summed E-state index contributed by atoms with van der Waals surface area (Å²) in [6, 6.07) is 4.16. The lowest BCUT2D eigenvalue weighted by atomic mass is 10.0. The number of fused-ring (bicyclic) bond motifs is 1. The van der Waals surface area contributed by atoms with E-state index >= 15 is 0 Å². The van der Waals surface area contributed by atoms with Crippen molar-refractivity contribution in [3.05, 3.63) is 21.4 Å². The van der Waals surface area contributed by atoms with E-state index in [2.05, 4.69) is 12.1 Å². The molecule has 1 aliphatic carbocycles. The van der Waals surface area contributed by atoms with Crippen molar-refractivity contribution >= 4 is 17.2 Å². The fourth-order valence-electron chi connectivity index (χ4n) is 3.22. The van der Waals surface area contributed by atoms with Gasteiger partial charge < -0.3 is 4.90 Å². The number of nitriles is 1. The van der Waals surface area contributed by atoms with Gasteiger partial charge in [0.25, 0.3) is 5.91 Å². The average molecular weight is 288 g/mol. The Balaban J connectivity index is 1.82. The lowest BCUT2D eigenvalue weighted by molar-refractivity contribution is 0.0675. The van der Waals surface area contributed by atoms with Crippen molar-refractivity contribution in [2.45, 2.75) is 57.4 Å². The second-order valence-electron chi connectivity index (χ2n) is 5.76. The predicted octanol–water partition coefficient (Wildman–Crippen LogP) is 3.54. The summed E-state index contributed by atoms with van der Waals surface area (Å²) < 4.78 is 0. The lowest BCUT2D eigenvalue weighted by Gasteiger charge is -2.30. The molecule has 0 spiro atoms. The SMILES string of the molecule is N#CC1CCCCN1C(=O)c1cc2c(s1)CCCCC2. The Labute approximate surface area is 124 Å². The van der Waals surface area contributed by atoms with Gasteiger partial charge in [-0.2, -0.15) is 5.26 Å². The van der Waals surface area contributed by atoms with E-state index in [1.807, 2.05) is 0 Å². The summed E-state index contributed by atoms with van der Waals surface area (Å²) in [4.78, 5) is 16.7. The molecule has 3 nitrogen and oxygen atoms in total. The first-order chi connectivity index (χ1) is 9.79. The van der Waals surface area contributed by atoms with E-state index in [-0.39, 0.29) is 11.9 Å². The predicted molar refractivity (Wildman–Crippen MR) is 79.9 cm³/mol. The molecule has 0 radical (unpaired) electrons. The fraction of sp³-hybridized carbons (Fsp3) is 0.625. The molecule has 4 heteroatoms. The van der Waals surface area contributed by atoms with E-state index in [1.54, 1.807) is 16.2 Å². The number of thiophene rings is 1. The number of amides is 1. The van der Waals surface area contributed by atoms with Crippen LogP contribution in [-0.4, -0.2) is 23.4 Å². The number of hydrogen-bond donors (Lipinski definition) is 0. The third kappa shape index (κ3) is 2.60. The average Bonchev–Trinajstić information content (AvgIpc) is 2.77. The highest BCUT2D eigenvalue weighted by Crippen LogP contribution is 2.31. The van der Waals surface area contributed by atoms with Crippen LogP contribution >= 0.6 is 11.3 Å². The summed E-state index contributed by atoms with van der Waals surface area (Å²) in [6.07, 6.45) is 8.92. The smallest absolute Gasteiger partial charge is 0.265 e. The zero-order valence-electron chi connectivity index (χ0n) is 11.7. The zero-order valence-corrected chi connectivity index (χ0v) is 12.5. The van der Waals surface area contributed by atoms with Gasteiger partial charge in [-0.15, -0.1) is 11.3 Å². The Kier molecular flexibility index (Phi) is 4.07. The van der Waals surface area contributed by atoms with E-state index < -0.39 is 0 Å². The summed E-state index contributed by atoms with van der Waals surface area (Å²) in [6.45, 7) is 0.736. The minimum atomic E-state index is -0.224. The largest absolute Gasteiger partial charge is 0.322 e. The van der Waals surface area contributed by atoms with Crippen molar-refractivity contribution in [1.82, 2.24) is 4.90 Å². The Hall–Kier alpha value is -1.34. The molecule has 0 N–H and O–H groups in total. The molecule has 0 aromatic carbocycles. The van der Waals surface area contributed by atoms with Gasteiger partial charge in [-0.1, -0.05) is 6.42 Å². The van der Waals surface area contributed by atoms with E-state index in [9.17, 15) is 10.1 Å². The second-order valence-corrected chi connectivity index (χ2v) is 6.90. The molecule has 1 unspecified atom stereocenters. The molecule has 1 atom stereocenters.